The summed E-state index contributed by atoms with van der Waals surface area (Å²) in [6.07, 6.45) is 1.53. The van der Waals surface area contributed by atoms with Gasteiger partial charge in [0.25, 0.3) is 5.75 Å². The summed E-state index contributed by atoms with van der Waals surface area (Å²) >= 11 is -1.99. The second-order valence-corrected chi connectivity index (χ2v) is 9.74. The fourth-order valence-corrected chi connectivity index (χ4v) is 5.83. The molecule has 0 N–H and O–H groups in total. The van der Waals surface area contributed by atoms with E-state index in [1.807, 2.05) is 19.1 Å². The van der Waals surface area contributed by atoms with Crippen LogP contribution >= 0.6 is 0 Å². The Morgan fingerprint density at radius 2 is 1.94 bits per heavy atom. The van der Waals surface area contributed by atoms with E-state index in [2.05, 4.69) is 17.0 Å². The van der Waals surface area contributed by atoms with Crippen molar-refractivity contribution in [2.24, 2.45) is 0 Å². The van der Waals surface area contributed by atoms with Gasteiger partial charge in [0, 0.05) is 24.7 Å². The van der Waals surface area contributed by atoms with E-state index < -0.39 is 16.9 Å². The summed E-state index contributed by atoms with van der Waals surface area (Å²) in [5, 5.41) is 0. The first-order chi connectivity index (χ1) is 17.5. The van der Waals surface area contributed by atoms with Gasteiger partial charge >= 0.3 is 0 Å². The van der Waals surface area contributed by atoms with Crippen LogP contribution in [0.25, 0.3) is 0 Å². The molecule has 2 aliphatic heterocycles. The Labute approximate surface area is 212 Å². The molecule has 2 heterocycles. The molecule has 3 aromatic rings. The Bertz CT molecular complexity index is 1300. The number of methoxy groups -OCH3 is 1. The summed E-state index contributed by atoms with van der Waals surface area (Å²) in [5.41, 5.74) is 4.35. The molecular formula is C27H28FNO6S. The normalized spacial score (nSPS) is 17.4. The number of fused-ring (bicyclic) bond motifs is 4. The van der Waals surface area contributed by atoms with Gasteiger partial charge < -0.3 is 18.5 Å². The minimum Gasteiger partial charge on any atom is -0.494 e. The third-order valence-electron chi connectivity index (χ3n) is 6.60. The van der Waals surface area contributed by atoms with Crippen LogP contribution in [0.2, 0.25) is 0 Å². The lowest BCUT2D eigenvalue weighted by molar-refractivity contribution is -0.180. The van der Waals surface area contributed by atoms with Crippen molar-refractivity contribution in [3.05, 3.63) is 76.6 Å². The smallest absolute Gasteiger partial charge is 0.250 e. The van der Waals surface area contributed by atoms with Gasteiger partial charge in [-0.1, -0.05) is 12.1 Å². The fraction of sp³-hybridized carbons (Fsp3) is 0.333. The van der Waals surface area contributed by atoms with E-state index in [1.165, 1.54) is 43.5 Å². The molecule has 7 nitrogen and oxygen atoms in total. The standard InChI is InChI=1S/C27H28FNO6S/c1-4-33-20-8-9-22-17(12-20)10-11-29-16-18-13-25(31-2)27(34-32-3)26(23(18)15-24(22)29)35-36(30)21-7-5-6-19(28)14-21/h5-9,12-14,24H,4,10-11,15-16H2,1-3H3. The highest BCUT2D eigenvalue weighted by Gasteiger charge is 2.36. The van der Waals surface area contributed by atoms with Crippen molar-refractivity contribution in [2.75, 3.05) is 27.4 Å². The van der Waals surface area contributed by atoms with E-state index in [0.29, 0.717) is 25.3 Å². The quantitative estimate of drug-likeness (QED) is 0.313. The maximum atomic E-state index is 13.8. The van der Waals surface area contributed by atoms with E-state index in [4.69, 9.17) is 23.4 Å². The van der Waals surface area contributed by atoms with Crippen LogP contribution < -0.4 is 18.5 Å². The van der Waals surface area contributed by atoms with Gasteiger partial charge in [-0.15, -0.1) is 0 Å². The maximum Gasteiger partial charge on any atom is 0.250 e. The zero-order chi connectivity index (χ0) is 25.2. The molecule has 0 fully saturated rings. The van der Waals surface area contributed by atoms with Gasteiger partial charge in [-0.05, 0) is 72.9 Å². The predicted octanol–water partition coefficient (Wildman–Crippen LogP) is 4.93. The first-order valence-corrected chi connectivity index (χ1v) is 12.9. The lowest BCUT2D eigenvalue weighted by atomic mass is 9.83. The third kappa shape index (κ3) is 4.66. The topological polar surface area (TPSA) is 66.5 Å². The molecular weight excluding hydrogens is 485 g/mol. The highest BCUT2D eigenvalue weighted by Crippen LogP contribution is 2.49. The van der Waals surface area contributed by atoms with Crippen LogP contribution in [0, 0.1) is 5.82 Å². The summed E-state index contributed by atoms with van der Waals surface area (Å²) in [6, 6.07) is 13.8. The number of nitrogens with zero attached hydrogens (tertiary/aromatic N) is 1. The molecule has 36 heavy (non-hydrogen) atoms. The number of hydrogen-bond acceptors (Lipinski definition) is 7. The molecule has 0 bridgehead atoms. The van der Waals surface area contributed by atoms with Gasteiger partial charge in [0.15, 0.2) is 11.5 Å². The van der Waals surface area contributed by atoms with Crippen LogP contribution in [0.15, 0.2) is 53.4 Å². The molecule has 0 saturated heterocycles. The van der Waals surface area contributed by atoms with Crippen molar-refractivity contribution in [1.82, 2.24) is 4.90 Å². The fourth-order valence-electron chi connectivity index (χ4n) is 5.00. The average molecular weight is 514 g/mol. The van der Waals surface area contributed by atoms with Gasteiger partial charge in [-0.3, -0.25) is 4.90 Å². The molecule has 0 aromatic heterocycles. The van der Waals surface area contributed by atoms with Crippen LogP contribution in [0.3, 0.4) is 0 Å². The van der Waals surface area contributed by atoms with E-state index in [-0.39, 0.29) is 22.4 Å². The van der Waals surface area contributed by atoms with Crippen molar-refractivity contribution in [1.29, 1.82) is 0 Å². The van der Waals surface area contributed by atoms with Crippen molar-refractivity contribution in [3.63, 3.8) is 0 Å². The van der Waals surface area contributed by atoms with Gasteiger partial charge in [-0.25, -0.2) is 8.60 Å². The highest BCUT2D eigenvalue weighted by atomic mass is 32.2. The van der Waals surface area contributed by atoms with Crippen molar-refractivity contribution >= 4 is 11.1 Å². The molecule has 0 spiro atoms. The summed E-state index contributed by atoms with van der Waals surface area (Å²) in [5.74, 6) is 1.24. The first kappa shape index (κ1) is 24.5. The molecule has 3 aromatic carbocycles. The molecule has 2 unspecified atom stereocenters. The molecule has 0 aliphatic carbocycles. The lowest BCUT2D eigenvalue weighted by Crippen LogP contribution is -2.39. The second kappa shape index (κ2) is 10.5. The first-order valence-electron chi connectivity index (χ1n) is 11.8. The molecule has 2 atom stereocenters. The molecule has 5 rings (SSSR count). The summed E-state index contributed by atoms with van der Waals surface area (Å²) in [6.45, 7) is 4.16. The zero-order valence-electron chi connectivity index (χ0n) is 20.4. The molecule has 9 heteroatoms. The average Bonchev–Trinajstić information content (AvgIpc) is 2.88. The Morgan fingerprint density at radius 3 is 2.69 bits per heavy atom. The van der Waals surface area contributed by atoms with E-state index in [9.17, 15) is 8.60 Å². The molecule has 190 valence electrons. The van der Waals surface area contributed by atoms with Crippen LogP contribution in [0.1, 0.15) is 35.2 Å². The summed E-state index contributed by atoms with van der Waals surface area (Å²) < 4.78 is 44.2. The Morgan fingerprint density at radius 1 is 1.08 bits per heavy atom. The van der Waals surface area contributed by atoms with E-state index >= 15 is 0 Å². The van der Waals surface area contributed by atoms with Crippen molar-refractivity contribution in [2.45, 2.75) is 37.2 Å². The maximum absolute atomic E-state index is 13.8. The van der Waals surface area contributed by atoms with Crippen LogP contribution in [0.5, 0.6) is 23.0 Å². The monoisotopic (exact) mass is 513 g/mol. The number of rotatable bonds is 8. The zero-order valence-corrected chi connectivity index (χ0v) is 21.2. The van der Waals surface area contributed by atoms with Crippen LogP contribution in [0.4, 0.5) is 4.39 Å². The Hall–Kier alpha value is -3.14. The van der Waals surface area contributed by atoms with E-state index in [0.717, 1.165) is 29.8 Å². The molecule has 2 aliphatic rings. The van der Waals surface area contributed by atoms with Gasteiger partial charge in [-0.2, -0.15) is 4.89 Å². The summed E-state index contributed by atoms with van der Waals surface area (Å²) in [7, 11) is 2.90. The van der Waals surface area contributed by atoms with Gasteiger partial charge in [0.2, 0.25) is 11.1 Å². The highest BCUT2D eigenvalue weighted by molar-refractivity contribution is 7.80. The predicted molar refractivity (Wildman–Crippen MR) is 132 cm³/mol. The minimum atomic E-state index is -1.99. The number of ether oxygens (including phenoxy) is 2. The molecule has 0 saturated carbocycles. The van der Waals surface area contributed by atoms with Crippen LogP contribution in [-0.2, 0) is 35.4 Å². The van der Waals surface area contributed by atoms with Crippen molar-refractivity contribution < 1.29 is 32.0 Å². The summed E-state index contributed by atoms with van der Waals surface area (Å²) in [4.78, 5) is 13.0. The van der Waals surface area contributed by atoms with Gasteiger partial charge in [0.05, 0.1) is 25.7 Å². The SMILES string of the molecule is CCOc1ccc2c(c1)CCN1Cc3cc(OC)c(OOC)c(OS(=O)c4cccc(F)c4)c3CC21. The second-order valence-electron chi connectivity index (χ2n) is 8.63. The molecule has 0 radical (unpaired) electrons. The largest absolute Gasteiger partial charge is 0.494 e. The van der Waals surface area contributed by atoms with Gasteiger partial charge in [0.1, 0.15) is 11.6 Å². The number of benzene rings is 3. The third-order valence-corrected chi connectivity index (χ3v) is 7.55. The van der Waals surface area contributed by atoms with Crippen molar-refractivity contribution in [3.8, 4) is 23.0 Å². The number of halogens is 1. The molecule has 0 amide bonds. The Kier molecular flexibility index (Phi) is 7.13. The van der Waals surface area contributed by atoms with E-state index in [1.54, 1.807) is 6.07 Å². The lowest BCUT2D eigenvalue weighted by Gasteiger charge is -2.42. The minimum absolute atomic E-state index is 0.102. The Balaban J connectivity index is 1.57. The number of hydrogen-bond donors (Lipinski definition) is 0. The van der Waals surface area contributed by atoms with Crippen LogP contribution in [-0.4, -0.2) is 36.5 Å².